The molecule has 0 aromatic heterocycles. The first-order valence-corrected chi connectivity index (χ1v) is 6.89. The molecule has 108 valence electrons. The van der Waals surface area contributed by atoms with E-state index in [2.05, 4.69) is 35.4 Å². The van der Waals surface area contributed by atoms with E-state index in [0.29, 0.717) is 12.6 Å². The molecule has 0 saturated carbocycles. The van der Waals surface area contributed by atoms with Crippen LogP contribution in [0.2, 0.25) is 0 Å². The highest BCUT2D eigenvalue weighted by Crippen LogP contribution is 2.21. The van der Waals surface area contributed by atoms with Gasteiger partial charge in [-0.1, -0.05) is 36.9 Å². The van der Waals surface area contributed by atoms with Crippen molar-refractivity contribution in [2.24, 2.45) is 0 Å². The fourth-order valence-corrected chi connectivity index (χ4v) is 2.64. The lowest BCUT2D eigenvalue weighted by atomic mass is 10.0. The van der Waals surface area contributed by atoms with E-state index in [1.807, 2.05) is 25.2 Å². The van der Waals surface area contributed by atoms with Crippen LogP contribution in [0.5, 0.6) is 0 Å². The van der Waals surface area contributed by atoms with Crippen LogP contribution in [0.15, 0.2) is 42.5 Å². The minimum absolute atomic E-state index is 0.131. The van der Waals surface area contributed by atoms with Gasteiger partial charge >= 0.3 is 5.97 Å². The van der Waals surface area contributed by atoms with Gasteiger partial charge in [0.2, 0.25) is 0 Å². The molecule has 1 aromatic carbocycles. The number of likely N-dealkylation sites (N-methyl/N-ethyl adjacent to an activating group) is 1. The van der Waals surface area contributed by atoms with Crippen molar-refractivity contribution in [2.45, 2.75) is 25.6 Å². The van der Waals surface area contributed by atoms with Crippen LogP contribution in [0.3, 0.4) is 0 Å². The summed E-state index contributed by atoms with van der Waals surface area (Å²) in [6, 6.07) is 10.4. The van der Waals surface area contributed by atoms with E-state index >= 15 is 0 Å². The molecule has 1 aliphatic heterocycles. The summed E-state index contributed by atoms with van der Waals surface area (Å²) in [7, 11) is 2.03. The van der Waals surface area contributed by atoms with Gasteiger partial charge in [0, 0.05) is 31.2 Å². The average Bonchev–Trinajstić information content (AvgIpc) is 2.43. The number of carboxylic acids is 1. The van der Waals surface area contributed by atoms with E-state index < -0.39 is 5.97 Å². The van der Waals surface area contributed by atoms with Crippen LogP contribution in [0.25, 0.3) is 0 Å². The van der Waals surface area contributed by atoms with Crippen molar-refractivity contribution in [1.29, 1.82) is 0 Å². The quantitative estimate of drug-likeness (QED) is 0.851. The van der Waals surface area contributed by atoms with Crippen molar-refractivity contribution in [3.05, 3.63) is 48.0 Å². The van der Waals surface area contributed by atoms with Crippen LogP contribution >= 0.6 is 0 Å². The van der Waals surface area contributed by atoms with E-state index in [1.165, 1.54) is 5.56 Å². The predicted octanol–water partition coefficient (Wildman–Crippen LogP) is 1.83. The van der Waals surface area contributed by atoms with E-state index in [9.17, 15) is 9.90 Å². The molecule has 0 amide bonds. The fourth-order valence-electron chi connectivity index (χ4n) is 2.64. The lowest BCUT2D eigenvalue weighted by Gasteiger charge is -2.44. The summed E-state index contributed by atoms with van der Waals surface area (Å²) < 4.78 is 0. The lowest BCUT2D eigenvalue weighted by Crippen LogP contribution is -2.56. The number of benzene rings is 1. The predicted molar refractivity (Wildman–Crippen MR) is 79.5 cm³/mol. The molecule has 4 heteroatoms. The highest BCUT2D eigenvalue weighted by atomic mass is 16.4. The van der Waals surface area contributed by atoms with Crippen LogP contribution in [0.4, 0.5) is 0 Å². The van der Waals surface area contributed by atoms with Crippen molar-refractivity contribution in [3.63, 3.8) is 0 Å². The first-order chi connectivity index (χ1) is 9.49. The molecule has 0 unspecified atom stereocenters. The molecular weight excluding hydrogens is 252 g/mol. The van der Waals surface area contributed by atoms with Gasteiger partial charge in [0.1, 0.15) is 0 Å². The van der Waals surface area contributed by atoms with Crippen LogP contribution < -0.4 is 0 Å². The Labute approximate surface area is 120 Å². The zero-order valence-electron chi connectivity index (χ0n) is 12.1. The normalized spacial score (nSPS) is 24.5. The summed E-state index contributed by atoms with van der Waals surface area (Å²) in [6.45, 7) is 8.24. The fraction of sp³-hybridized carbons (Fsp3) is 0.438. The first kappa shape index (κ1) is 14.8. The monoisotopic (exact) mass is 274 g/mol. The lowest BCUT2D eigenvalue weighted by molar-refractivity contribution is -0.133. The Balaban J connectivity index is 2.17. The van der Waals surface area contributed by atoms with Crippen molar-refractivity contribution < 1.29 is 9.90 Å². The summed E-state index contributed by atoms with van der Waals surface area (Å²) in [4.78, 5) is 15.7. The number of rotatable bonds is 4. The van der Waals surface area contributed by atoms with Gasteiger partial charge < -0.3 is 10.0 Å². The topological polar surface area (TPSA) is 43.8 Å². The maximum Gasteiger partial charge on any atom is 0.332 e. The highest BCUT2D eigenvalue weighted by molar-refractivity contribution is 5.87. The summed E-state index contributed by atoms with van der Waals surface area (Å²) in [6.07, 6.45) is 0. The Bertz CT molecular complexity index is 487. The molecule has 1 aliphatic rings. The second-order valence-electron chi connectivity index (χ2n) is 5.55. The zero-order valence-corrected chi connectivity index (χ0v) is 12.1. The number of piperazine rings is 1. The van der Waals surface area contributed by atoms with Crippen molar-refractivity contribution in [1.82, 2.24) is 9.80 Å². The molecule has 0 bridgehead atoms. The number of carbonyl (C=O) groups is 1. The third-order valence-electron chi connectivity index (χ3n) is 4.06. The summed E-state index contributed by atoms with van der Waals surface area (Å²) >= 11 is 0. The Morgan fingerprint density at radius 2 is 2.00 bits per heavy atom. The third-order valence-corrected chi connectivity index (χ3v) is 4.06. The minimum atomic E-state index is -0.906. The third kappa shape index (κ3) is 3.26. The van der Waals surface area contributed by atoms with Gasteiger partial charge in [0.05, 0.1) is 6.04 Å². The van der Waals surface area contributed by atoms with Gasteiger partial charge in [-0.2, -0.15) is 0 Å². The van der Waals surface area contributed by atoms with Gasteiger partial charge in [-0.25, -0.2) is 4.79 Å². The average molecular weight is 274 g/mol. The first-order valence-electron chi connectivity index (χ1n) is 6.89. The molecule has 1 aromatic rings. The van der Waals surface area contributed by atoms with Crippen LogP contribution in [-0.2, 0) is 11.3 Å². The van der Waals surface area contributed by atoms with Gasteiger partial charge in [0.15, 0.2) is 0 Å². The molecule has 0 spiro atoms. The van der Waals surface area contributed by atoms with Crippen molar-refractivity contribution >= 4 is 5.97 Å². The van der Waals surface area contributed by atoms with E-state index in [0.717, 1.165) is 13.1 Å². The van der Waals surface area contributed by atoms with Gasteiger partial charge in [-0.3, -0.25) is 4.90 Å². The second kappa shape index (κ2) is 6.20. The van der Waals surface area contributed by atoms with Crippen molar-refractivity contribution in [3.8, 4) is 0 Å². The van der Waals surface area contributed by atoms with E-state index in [-0.39, 0.29) is 11.6 Å². The Morgan fingerprint density at radius 3 is 2.60 bits per heavy atom. The molecular formula is C16H22N2O2. The largest absolute Gasteiger partial charge is 0.478 e. The van der Waals surface area contributed by atoms with Crippen molar-refractivity contribution in [2.75, 3.05) is 20.1 Å². The summed E-state index contributed by atoms with van der Waals surface area (Å²) in [5, 5.41) is 9.23. The molecule has 1 heterocycles. The zero-order chi connectivity index (χ0) is 14.7. The molecule has 1 saturated heterocycles. The summed E-state index contributed by atoms with van der Waals surface area (Å²) in [5.74, 6) is -0.906. The Kier molecular flexibility index (Phi) is 4.57. The van der Waals surface area contributed by atoms with Crippen LogP contribution in [0, 0.1) is 0 Å². The van der Waals surface area contributed by atoms with Crippen LogP contribution in [0.1, 0.15) is 12.5 Å². The molecule has 0 radical (unpaired) electrons. The van der Waals surface area contributed by atoms with E-state index in [4.69, 9.17) is 0 Å². The van der Waals surface area contributed by atoms with E-state index in [1.54, 1.807) is 0 Å². The number of nitrogens with zero attached hydrogens (tertiary/aromatic N) is 2. The number of carboxylic acid groups (broad SMARTS) is 1. The summed E-state index contributed by atoms with van der Waals surface area (Å²) in [5.41, 5.74) is 1.48. The standard InChI is InChI=1S/C16H22N2O2/c1-12-9-18(10-14-7-5-4-6-8-14)15(11-17(12)3)13(2)16(19)20/h4-8,12,15H,2,9-11H2,1,3H3,(H,19,20)/t12-,15-/m1/s1. The maximum atomic E-state index is 11.2. The van der Waals surface area contributed by atoms with Gasteiger partial charge in [0.25, 0.3) is 0 Å². The SMILES string of the molecule is C=C(C(=O)O)[C@H]1CN(C)[C@H](C)CN1Cc1ccccc1. The van der Waals surface area contributed by atoms with Gasteiger partial charge in [-0.15, -0.1) is 0 Å². The number of hydrogen-bond acceptors (Lipinski definition) is 3. The second-order valence-corrected chi connectivity index (χ2v) is 5.55. The smallest absolute Gasteiger partial charge is 0.332 e. The number of aliphatic carboxylic acids is 1. The maximum absolute atomic E-state index is 11.2. The minimum Gasteiger partial charge on any atom is -0.478 e. The molecule has 1 fully saturated rings. The van der Waals surface area contributed by atoms with Gasteiger partial charge in [-0.05, 0) is 19.5 Å². The Hall–Kier alpha value is -1.65. The highest BCUT2D eigenvalue weighted by Gasteiger charge is 2.33. The molecule has 2 rings (SSSR count). The molecule has 4 nitrogen and oxygen atoms in total. The molecule has 1 N–H and O–H groups in total. The van der Waals surface area contributed by atoms with Crippen LogP contribution in [-0.4, -0.2) is 53.1 Å². The Morgan fingerprint density at radius 1 is 1.35 bits per heavy atom. The molecule has 0 aliphatic carbocycles. The molecule has 20 heavy (non-hydrogen) atoms. The number of hydrogen-bond donors (Lipinski definition) is 1. The molecule has 2 atom stereocenters.